The minimum absolute atomic E-state index is 0.261. The summed E-state index contributed by atoms with van der Waals surface area (Å²) in [5.41, 5.74) is 0. The average Bonchev–Trinajstić information content (AvgIpc) is 2.15. The maximum atomic E-state index is 11.6. The van der Waals surface area contributed by atoms with E-state index in [1.165, 1.54) is 0 Å². The van der Waals surface area contributed by atoms with E-state index in [-0.39, 0.29) is 11.7 Å². The van der Waals surface area contributed by atoms with E-state index in [4.69, 9.17) is 0 Å². The van der Waals surface area contributed by atoms with Crippen LogP contribution in [0.4, 0.5) is 0 Å². The fraction of sp³-hybridized carbons (Fsp3) is 0.889. The highest BCUT2D eigenvalue weighted by Crippen LogP contribution is 2.18. The molecule has 1 amide bonds. The SMILES string of the molecule is CS(=O)(=O)CC(=O)N1CCCC(CBr)C1. The van der Waals surface area contributed by atoms with Crippen molar-refractivity contribution >= 4 is 31.7 Å². The zero-order valence-electron chi connectivity index (χ0n) is 8.78. The number of sulfone groups is 1. The normalized spacial score (nSPS) is 22.8. The van der Waals surface area contributed by atoms with Crippen LogP contribution in [0.1, 0.15) is 12.8 Å². The molecular weight excluding hydrogens is 282 g/mol. The molecule has 0 aromatic heterocycles. The molecule has 6 heteroatoms. The number of alkyl halides is 1. The predicted octanol–water partition coefficient (Wildman–Crippen LogP) is 0.664. The Morgan fingerprint density at radius 1 is 1.53 bits per heavy atom. The van der Waals surface area contributed by atoms with Crippen LogP contribution >= 0.6 is 15.9 Å². The first-order chi connectivity index (χ1) is 6.92. The van der Waals surface area contributed by atoms with Gasteiger partial charge in [-0.15, -0.1) is 0 Å². The van der Waals surface area contributed by atoms with Gasteiger partial charge in [-0.3, -0.25) is 4.79 Å². The molecule has 0 aromatic rings. The molecule has 1 heterocycles. The first-order valence-corrected chi connectivity index (χ1v) is 8.12. The Morgan fingerprint density at radius 3 is 2.73 bits per heavy atom. The lowest BCUT2D eigenvalue weighted by molar-refractivity contribution is -0.130. The lowest BCUT2D eigenvalue weighted by Crippen LogP contribution is -2.42. The summed E-state index contributed by atoms with van der Waals surface area (Å²) in [5, 5.41) is 0.871. The molecule has 4 nitrogen and oxygen atoms in total. The van der Waals surface area contributed by atoms with Crippen molar-refractivity contribution in [1.29, 1.82) is 0 Å². The lowest BCUT2D eigenvalue weighted by atomic mass is 10.0. The summed E-state index contributed by atoms with van der Waals surface area (Å²) in [4.78, 5) is 13.3. The van der Waals surface area contributed by atoms with E-state index < -0.39 is 9.84 Å². The number of likely N-dealkylation sites (tertiary alicyclic amines) is 1. The monoisotopic (exact) mass is 297 g/mol. The molecule has 15 heavy (non-hydrogen) atoms. The van der Waals surface area contributed by atoms with Gasteiger partial charge in [0.15, 0.2) is 9.84 Å². The second-order valence-corrected chi connectivity index (χ2v) is 6.86. The van der Waals surface area contributed by atoms with E-state index in [1.807, 2.05) is 0 Å². The minimum atomic E-state index is -3.20. The number of carbonyl (C=O) groups is 1. The molecule has 1 aliphatic heterocycles. The number of piperidine rings is 1. The molecule has 1 rings (SSSR count). The van der Waals surface area contributed by atoms with Crippen molar-refractivity contribution in [2.75, 3.05) is 30.4 Å². The van der Waals surface area contributed by atoms with Crippen LogP contribution in [0.15, 0.2) is 0 Å². The number of carbonyl (C=O) groups excluding carboxylic acids is 1. The predicted molar refractivity (Wildman–Crippen MR) is 62.8 cm³/mol. The first kappa shape index (κ1) is 13.0. The Hall–Kier alpha value is -0.100. The van der Waals surface area contributed by atoms with Gasteiger partial charge in [-0.05, 0) is 18.8 Å². The van der Waals surface area contributed by atoms with E-state index in [0.29, 0.717) is 19.0 Å². The fourth-order valence-corrected chi connectivity index (χ4v) is 2.89. The zero-order valence-corrected chi connectivity index (χ0v) is 11.2. The number of halogens is 1. The smallest absolute Gasteiger partial charge is 0.237 e. The van der Waals surface area contributed by atoms with Crippen LogP contribution in [0, 0.1) is 5.92 Å². The quantitative estimate of drug-likeness (QED) is 0.719. The second-order valence-electron chi connectivity index (χ2n) is 4.07. The van der Waals surface area contributed by atoms with Crippen LogP contribution < -0.4 is 0 Å². The Labute approximate surface area is 99.1 Å². The highest BCUT2D eigenvalue weighted by atomic mass is 79.9. The highest BCUT2D eigenvalue weighted by Gasteiger charge is 2.24. The molecule has 1 fully saturated rings. The van der Waals surface area contributed by atoms with Crippen molar-refractivity contribution in [1.82, 2.24) is 4.90 Å². The third-order valence-corrected chi connectivity index (χ3v) is 4.16. The largest absolute Gasteiger partial charge is 0.342 e. The average molecular weight is 298 g/mol. The zero-order chi connectivity index (χ0) is 11.5. The third-order valence-electron chi connectivity index (χ3n) is 2.48. The van der Waals surface area contributed by atoms with Crippen molar-refractivity contribution in [2.45, 2.75) is 12.8 Å². The van der Waals surface area contributed by atoms with Crippen molar-refractivity contribution in [2.24, 2.45) is 5.92 Å². The summed E-state index contributed by atoms with van der Waals surface area (Å²) in [6.07, 6.45) is 3.16. The molecule has 1 aliphatic rings. The molecule has 1 unspecified atom stereocenters. The molecule has 0 spiro atoms. The Morgan fingerprint density at radius 2 is 2.20 bits per heavy atom. The van der Waals surface area contributed by atoms with Crippen molar-refractivity contribution < 1.29 is 13.2 Å². The Balaban J connectivity index is 2.53. The van der Waals surface area contributed by atoms with E-state index >= 15 is 0 Å². The number of rotatable bonds is 3. The van der Waals surface area contributed by atoms with Crippen molar-refractivity contribution in [3.05, 3.63) is 0 Å². The molecule has 0 N–H and O–H groups in total. The van der Waals surface area contributed by atoms with Crippen LogP contribution in [-0.4, -0.2) is 49.7 Å². The number of nitrogens with zero attached hydrogens (tertiary/aromatic N) is 1. The van der Waals surface area contributed by atoms with Crippen LogP contribution in [0.3, 0.4) is 0 Å². The number of hydrogen-bond acceptors (Lipinski definition) is 3. The summed E-state index contributed by atoms with van der Waals surface area (Å²) >= 11 is 3.39. The van der Waals surface area contributed by atoms with E-state index in [1.54, 1.807) is 4.90 Å². The summed E-state index contributed by atoms with van der Waals surface area (Å²) in [6, 6.07) is 0. The lowest BCUT2D eigenvalue weighted by Gasteiger charge is -2.31. The number of hydrogen-bond donors (Lipinski definition) is 0. The molecule has 0 saturated carbocycles. The van der Waals surface area contributed by atoms with Gasteiger partial charge in [0.25, 0.3) is 0 Å². The maximum absolute atomic E-state index is 11.6. The molecule has 1 saturated heterocycles. The third kappa shape index (κ3) is 4.51. The molecule has 0 aliphatic carbocycles. The van der Waals surface area contributed by atoms with Crippen LogP contribution in [0.2, 0.25) is 0 Å². The molecular formula is C9H16BrNO3S. The summed E-state index contributed by atoms with van der Waals surface area (Å²) < 4.78 is 22.0. The maximum Gasteiger partial charge on any atom is 0.237 e. The summed E-state index contributed by atoms with van der Waals surface area (Å²) in [6.45, 7) is 1.37. The molecule has 88 valence electrons. The van der Waals surface area contributed by atoms with Crippen LogP contribution in [0.25, 0.3) is 0 Å². The van der Waals surface area contributed by atoms with Gasteiger partial charge in [0.05, 0.1) is 0 Å². The molecule has 0 radical (unpaired) electrons. The van der Waals surface area contributed by atoms with Gasteiger partial charge in [-0.1, -0.05) is 15.9 Å². The van der Waals surface area contributed by atoms with Crippen LogP contribution in [-0.2, 0) is 14.6 Å². The molecule has 0 aromatic carbocycles. The number of amides is 1. The highest BCUT2D eigenvalue weighted by molar-refractivity contribution is 9.09. The van der Waals surface area contributed by atoms with Gasteiger partial charge in [-0.2, -0.15) is 0 Å². The van der Waals surface area contributed by atoms with Crippen LogP contribution in [0.5, 0.6) is 0 Å². The second kappa shape index (κ2) is 5.30. The van der Waals surface area contributed by atoms with Gasteiger partial charge in [0.1, 0.15) is 5.75 Å². The Bertz CT molecular complexity index is 328. The summed E-state index contributed by atoms with van der Waals surface area (Å²) in [5.74, 6) is -0.160. The van der Waals surface area contributed by atoms with Gasteiger partial charge in [-0.25, -0.2) is 8.42 Å². The van der Waals surface area contributed by atoms with Gasteiger partial charge in [0, 0.05) is 24.7 Å². The van der Waals surface area contributed by atoms with Gasteiger partial charge in [0.2, 0.25) is 5.91 Å². The van der Waals surface area contributed by atoms with Crippen molar-refractivity contribution in [3.63, 3.8) is 0 Å². The topological polar surface area (TPSA) is 54.5 Å². The minimum Gasteiger partial charge on any atom is -0.342 e. The molecule has 0 bridgehead atoms. The van der Waals surface area contributed by atoms with Gasteiger partial charge >= 0.3 is 0 Å². The van der Waals surface area contributed by atoms with E-state index in [0.717, 1.165) is 24.4 Å². The Kier molecular flexibility index (Phi) is 4.58. The molecule has 1 atom stereocenters. The van der Waals surface area contributed by atoms with E-state index in [9.17, 15) is 13.2 Å². The summed E-state index contributed by atoms with van der Waals surface area (Å²) in [7, 11) is -3.20. The first-order valence-electron chi connectivity index (χ1n) is 4.94. The van der Waals surface area contributed by atoms with Crippen molar-refractivity contribution in [3.8, 4) is 0 Å². The standard InChI is InChI=1S/C9H16BrNO3S/c1-15(13,14)7-9(12)11-4-2-3-8(5-10)6-11/h8H,2-7H2,1H3. The van der Waals surface area contributed by atoms with Gasteiger partial charge < -0.3 is 4.90 Å². The fourth-order valence-electron chi connectivity index (χ4n) is 1.73. The van der Waals surface area contributed by atoms with E-state index in [2.05, 4.69) is 15.9 Å².